The number of aryl methyl sites for hydroxylation is 1. The smallest absolute Gasteiger partial charge is 0.335 e. The Bertz CT molecular complexity index is 1040. The van der Waals surface area contributed by atoms with E-state index in [1.165, 1.54) is 4.90 Å². The molecule has 3 rings (SSSR count). The summed E-state index contributed by atoms with van der Waals surface area (Å²) in [5.74, 6) is -0.331. The highest BCUT2D eigenvalue weighted by molar-refractivity contribution is 7.89. The largest absolute Gasteiger partial charge is 0.416 e. The number of pyridine rings is 1. The van der Waals surface area contributed by atoms with E-state index in [-0.39, 0.29) is 42.8 Å². The molecular formula is C18H17ClF3N3O3S. The highest BCUT2D eigenvalue weighted by atomic mass is 35.5. The number of carbonyl (C=O) groups excluding carboxylic acids is 1. The molecule has 1 aromatic heterocycles. The van der Waals surface area contributed by atoms with Crippen molar-refractivity contribution in [3.8, 4) is 0 Å². The Labute approximate surface area is 170 Å². The summed E-state index contributed by atoms with van der Waals surface area (Å²) in [6.07, 6.45) is -4.69. The molecule has 0 atom stereocenters. The number of hydrogen-bond donors (Lipinski definition) is 0. The summed E-state index contributed by atoms with van der Waals surface area (Å²) in [6.45, 7) is 1.80. The van der Waals surface area contributed by atoms with Gasteiger partial charge in [0.25, 0.3) is 5.91 Å². The van der Waals surface area contributed by atoms with Crippen molar-refractivity contribution >= 4 is 27.5 Å². The molecule has 11 heteroatoms. The topological polar surface area (TPSA) is 70.6 Å². The van der Waals surface area contributed by atoms with E-state index >= 15 is 0 Å². The van der Waals surface area contributed by atoms with Gasteiger partial charge in [0.2, 0.25) is 10.0 Å². The highest BCUT2D eigenvalue weighted by Crippen LogP contribution is 2.34. The van der Waals surface area contributed by atoms with Gasteiger partial charge in [-0.15, -0.1) is 0 Å². The Kier molecular flexibility index (Phi) is 5.88. The zero-order valence-corrected chi connectivity index (χ0v) is 16.9. The molecule has 1 aliphatic heterocycles. The van der Waals surface area contributed by atoms with Gasteiger partial charge in [-0.05, 0) is 37.3 Å². The number of carbonyl (C=O) groups is 1. The zero-order chi connectivity index (χ0) is 21.4. The van der Waals surface area contributed by atoms with Crippen LogP contribution in [0.25, 0.3) is 0 Å². The molecule has 1 saturated heterocycles. The van der Waals surface area contributed by atoms with Crippen molar-refractivity contribution in [1.82, 2.24) is 14.2 Å². The molecular weight excluding hydrogens is 431 g/mol. The fourth-order valence-corrected chi connectivity index (χ4v) is 4.89. The summed E-state index contributed by atoms with van der Waals surface area (Å²) in [4.78, 5) is 17.6. The van der Waals surface area contributed by atoms with Crippen LogP contribution >= 0.6 is 11.6 Å². The summed E-state index contributed by atoms with van der Waals surface area (Å²) in [7, 11) is -4.25. The van der Waals surface area contributed by atoms with Gasteiger partial charge in [-0.25, -0.2) is 13.4 Å². The van der Waals surface area contributed by atoms with Gasteiger partial charge < -0.3 is 4.90 Å². The van der Waals surface area contributed by atoms with Crippen LogP contribution in [0, 0.1) is 6.92 Å². The molecule has 0 aliphatic carbocycles. The lowest BCUT2D eigenvalue weighted by atomic mass is 10.2. The second-order valence-electron chi connectivity index (χ2n) is 6.50. The molecule has 156 valence electrons. The van der Waals surface area contributed by atoms with E-state index in [4.69, 9.17) is 11.6 Å². The van der Waals surface area contributed by atoms with E-state index in [0.717, 1.165) is 16.4 Å². The van der Waals surface area contributed by atoms with Crippen molar-refractivity contribution in [3.63, 3.8) is 0 Å². The van der Waals surface area contributed by atoms with Crippen LogP contribution in [0.2, 0.25) is 5.02 Å². The van der Waals surface area contributed by atoms with E-state index in [9.17, 15) is 26.4 Å². The Morgan fingerprint density at radius 2 is 1.76 bits per heavy atom. The molecule has 0 N–H and O–H groups in total. The molecule has 1 aromatic carbocycles. The summed E-state index contributed by atoms with van der Waals surface area (Å²) in [5, 5.41) is -0.291. The number of amides is 1. The molecule has 2 aromatic rings. The fourth-order valence-electron chi connectivity index (χ4n) is 2.97. The monoisotopic (exact) mass is 447 g/mol. The van der Waals surface area contributed by atoms with Crippen LogP contribution in [0.3, 0.4) is 0 Å². The van der Waals surface area contributed by atoms with Crippen molar-refractivity contribution in [3.05, 3.63) is 58.4 Å². The van der Waals surface area contributed by atoms with Crippen molar-refractivity contribution in [2.75, 3.05) is 26.2 Å². The quantitative estimate of drug-likeness (QED) is 0.724. The van der Waals surface area contributed by atoms with E-state index in [2.05, 4.69) is 4.98 Å². The predicted molar refractivity (Wildman–Crippen MR) is 100 cm³/mol. The lowest BCUT2D eigenvalue weighted by molar-refractivity contribution is -0.137. The van der Waals surface area contributed by atoms with Gasteiger partial charge in [0.1, 0.15) is 10.6 Å². The Morgan fingerprint density at radius 3 is 2.34 bits per heavy atom. The molecule has 0 bridgehead atoms. The van der Waals surface area contributed by atoms with Gasteiger partial charge in [-0.1, -0.05) is 17.7 Å². The van der Waals surface area contributed by atoms with Crippen molar-refractivity contribution < 1.29 is 26.4 Å². The van der Waals surface area contributed by atoms with E-state index in [0.29, 0.717) is 11.8 Å². The lowest BCUT2D eigenvalue weighted by Crippen LogP contribution is -2.50. The summed E-state index contributed by atoms with van der Waals surface area (Å²) < 4.78 is 65.6. The normalized spacial score (nSPS) is 16.1. The van der Waals surface area contributed by atoms with Gasteiger partial charge in [0.15, 0.2) is 0 Å². The third-order valence-corrected chi connectivity index (χ3v) is 6.89. The second kappa shape index (κ2) is 7.92. The molecule has 1 amide bonds. The molecule has 0 spiro atoms. The van der Waals surface area contributed by atoms with Crippen LogP contribution in [-0.2, 0) is 16.2 Å². The fraction of sp³-hybridized carbons (Fsp3) is 0.333. The second-order valence-corrected chi connectivity index (χ2v) is 8.82. The van der Waals surface area contributed by atoms with Gasteiger partial charge in [-0.2, -0.15) is 17.5 Å². The summed E-state index contributed by atoms with van der Waals surface area (Å²) >= 11 is 5.88. The maximum absolute atomic E-state index is 13.0. The van der Waals surface area contributed by atoms with Crippen molar-refractivity contribution in [1.29, 1.82) is 0 Å². The minimum Gasteiger partial charge on any atom is -0.335 e. The standard InChI is InChI=1S/C18H17ClF3N3O3S/c1-12-3-2-4-15(23-12)17(26)24-7-9-25(10-8-24)29(27,28)16-11-13(18(20,21)22)5-6-14(16)19/h2-6,11H,7-10H2,1H3. The number of piperazine rings is 1. The van der Waals surface area contributed by atoms with Crippen LogP contribution in [0.5, 0.6) is 0 Å². The van der Waals surface area contributed by atoms with Crippen LogP contribution in [0.1, 0.15) is 21.7 Å². The van der Waals surface area contributed by atoms with E-state index in [1.54, 1.807) is 25.1 Å². The molecule has 1 fully saturated rings. The molecule has 6 nitrogen and oxygen atoms in total. The number of halogens is 4. The minimum atomic E-state index is -4.69. The molecule has 2 heterocycles. The average Bonchev–Trinajstić information content (AvgIpc) is 2.67. The molecule has 29 heavy (non-hydrogen) atoms. The first-order chi connectivity index (χ1) is 13.5. The molecule has 1 aliphatic rings. The lowest BCUT2D eigenvalue weighted by Gasteiger charge is -2.34. The first-order valence-corrected chi connectivity index (χ1v) is 10.4. The number of benzene rings is 1. The van der Waals surface area contributed by atoms with E-state index < -0.39 is 26.7 Å². The molecule has 0 radical (unpaired) electrons. The number of rotatable bonds is 3. The summed E-state index contributed by atoms with van der Waals surface area (Å²) in [6, 6.07) is 7.20. The predicted octanol–water partition coefficient (Wildman–Crippen LogP) is 3.21. The van der Waals surface area contributed by atoms with Crippen molar-refractivity contribution in [2.45, 2.75) is 18.0 Å². The summed E-state index contributed by atoms with van der Waals surface area (Å²) in [5.41, 5.74) is -0.168. The Morgan fingerprint density at radius 1 is 1.10 bits per heavy atom. The van der Waals surface area contributed by atoms with Crippen LogP contribution in [-0.4, -0.2) is 54.7 Å². The minimum absolute atomic E-state index is 0.0630. The third-order valence-electron chi connectivity index (χ3n) is 4.51. The maximum atomic E-state index is 13.0. The Balaban J connectivity index is 1.77. The van der Waals surface area contributed by atoms with E-state index in [1.807, 2.05) is 0 Å². The maximum Gasteiger partial charge on any atom is 0.416 e. The number of nitrogens with zero attached hydrogens (tertiary/aromatic N) is 3. The van der Waals surface area contributed by atoms with Gasteiger partial charge in [0.05, 0.1) is 10.6 Å². The number of aromatic nitrogens is 1. The highest BCUT2D eigenvalue weighted by Gasteiger charge is 2.36. The first-order valence-electron chi connectivity index (χ1n) is 8.60. The molecule has 0 saturated carbocycles. The van der Waals surface area contributed by atoms with Crippen LogP contribution < -0.4 is 0 Å². The number of alkyl halides is 3. The van der Waals surface area contributed by atoms with Gasteiger partial charge in [-0.3, -0.25) is 4.79 Å². The van der Waals surface area contributed by atoms with Gasteiger partial charge in [0, 0.05) is 31.9 Å². The average molecular weight is 448 g/mol. The van der Waals surface area contributed by atoms with Crippen molar-refractivity contribution in [2.24, 2.45) is 0 Å². The zero-order valence-electron chi connectivity index (χ0n) is 15.3. The SMILES string of the molecule is Cc1cccc(C(=O)N2CCN(S(=O)(=O)c3cc(C(F)(F)F)ccc3Cl)CC2)n1. The number of hydrogen-bond acceptors (Lipinski definition) is 4. The Hall–Kier alpha value is -2.17. The molecule has 0 unspecified atom stereocenters. The number of sulfonamides is 1. The van der Waals surface area contributed by atoms with Crippen LogP contribution in [0.4, 0.5) is 13.2 Å². The van der Waals surface area contributed by atoms with Crippen LogP contribution in [0.15, 0.2) is 41.3 Å². The first kappa shape index (κ1) is 21.5. The third kappa shape index (κ3) is 4.54. The van der Waals surface area contributed by atoms with Gasteiger partial charge >= 0.3 is 6.18 Å².